The van der Waals surface area contributed by atoms with Crippen molar-refractivity contribution in [3.63, 3.8) is 0 Å². The molecular formula is C102H142N10O27. The SMILES string of the molecule is C=CC(=O)OCC(C)(C)C(=O)C(=O)N1CCCC[C@H]1C(=O)O[C@H](CCN1CCCCC1)c1cccc(NC(=O)CCC(=O)O)c1.C=CC(=O)OCC(C)(C)C(=O)C(=O)N1CCCC[C@H]1C(=O)O[C@H](CCN1CCCCC1)c1cccc(NC(=O)CCC(=O)OC(C)(C)C)c1.C=CC(=O)OCC(C)(C)C(=O)C(=O)N1CCCC[C@H]1C(=O)O[C@H](CCN1CCNCC1)c1cccc(NC(=O)CCC(=O)O)c1. The van der Waals surface area contributed by atoms with Crippen LogP contribution in [0.15, 0.2) is 111 Å². The van der Waals surface area contributed by atoms with Gasteiger partial charge in [0.25, 0.3) is 17.7 Å². The second-order valence-corrected chi connectivity index (χ2v) is 38.5. The minimum atomic E-state index is -1.32. The Morgan fingerprint density at radius 1 is 0.381 bits per heavy atom. The second-order valence-electron chi connectivity index (χ2n) is 38.5. The number of hydrogen-bond acceptors (Lipinski definition) is 29. The molecule has 6 aliphatic heterocycles. The van der Waals surface area contributed by atoms with Crippen LogP contribution in [0.3, 0.4) is 0 Å². The Labute approximate surface area is 813 Å². The van der Waals surface area contributed by atoms with E-state index in [2.05, 4.69) is 55.7 Å². The summed E-state index contributed by atoms with van der Waals surface area (Å²) in [6.45, 7) is 33.2. The molecule has 6 amide bonds. The van der Waals surface area contributed by atoms with Crippen LogP contribution in [0.5, 0.6) is 0 Å². The average molecular weight is 1940 g/mol. The van der Waals surface area contributed by atoms with Gasteiger partial charge >= 0.3 is 53.7 Å². The van der Waals surface area contributed by atoms with Gasteiger partial charge in [0.15, 0.2) is 0 Å². The number of piperidine rings is 5. The van der Waals surface area contributed by atoms with Gasteiger partial charge in [-0.3, -0.25) is 57.5 Å². The number of amides is 6. The van der Waals surface area contributed by atoms with Gasteiger partial charge in [-0.05, 0) is 225 Å². The minimum Gasteiger partial charge on any atom is -0.481 e. The topological polar surface area (TPSA) is 480 Å². The van der Waals surface area contributed by atoms with E-state index in [0.717, 1.165) is 96.3 Å². The third kappa shape index (κ3) is 38.5. The van der Waals surface area contributed by atoms with Crippen molar-refractivity contribution in [2.75, 3.05) is 127 Å². The molecule has 3 aromatic rings. The number of piperazine rings is 1. The smallest absolute Gasteiger partial charge is 0.330 e. The van der Waals surface area contributed by atoms with Crippen molar-refractivity contribution in [2.45, 2.75) is 258 Å². The van der Waals surface area contributed by atoms with Crippen LogP contribution in [0.2, 0.25) is 0 Å². The summed E-state index contributed by atoms with van der Waals surface area (Å²) >= 11 is 0. The molecule has 3 aromatic carbocycles. The van der Waals surface area contributed by atoms with E-state index in [9.17, 15) is 86.3 Å². The number of likely N-dealkylation sites (tertiary alicyclic amines) is 5. The molecule has 6 N–H and O–H groups in total. The molecule has 6 aliphatic rings. The van der Waals surface area contributed by atoms with Crippen LogP contribution in [0, 0.1) is 16.2 Å². The first-order valence-corrected chi connectivity index (χ1v) is 48.2. The Hall–Kier alpha value is -12.2. The molecule has 6 saturated heterocycles. The van der Waals surface area contributed by atoms with Crippen LogP contribution in [0.25, 0.3) is 0 Å². The number of anilines is 3. The Bertz CT molecular complexity index is 4620. The van der Waals surface area contributed by atoms with E-state index >= 15 is 0 Å². The summed E-state index contributed by atoms with van der Waals surface area (Å²) in [5, 5.41) is 29.3. The number of rotatable bonds is 45. The fraction of sp³-hybridized carbons (Fsp3) is 0.588. The van der Waals surface area contributed by atoms with Crippen molar-refractivity contribution in [1.82, 2.24) is 34.7 Å². The lowest BCUT2D eigenvalue weighted by atomic mass is 9.87. The Balaban J connectivity index is 0.000000284. The number of hydrogen-bond donors (Lipinski definition) is 6. The molecule has 6 heterocycles. The summed E-state index contributed by atoms with van der Waals surface area (Å²) in [5.41, 5.74) is -1.26. The number of nitrogens with one attached hydrogen (secondary N) is 4. The highest BCUT2D eigenvalue weighted by atomic mass is 16.6. The number of benzene rings is 3. The summed E-state index contributed by atoms with van der Waals surface area (Å²) in [7, 11) is 0. The van der Waals surface area contributed by atoms with Crippen molar-refractivity contribution >= 4 is 124 Å². The van der Waals surface area contributed by atoms with Crippen LogP contribution in [0.1, 0.15) is 251 Å². The first kappa shape index (κ1) is 114. The molecule has 6 fully saturated rings. The van der Waals surface area contributed by atoms with Crippen LogP contribution >= 0.6 is 0 Å². The molecule has 0 aliphatic carbocycles. The number of esters is 7. The number of carboxylic acid groups (broad SMARTS) is 2. The zero-order valence-corrected chi connectivity index (χ0v) is 82.0. The molecule has 0 saturated carbocycles. The van der Waals surface area contributed by atoms with Crippen molar-refractivity contribution in [3.05, 3.63) is 127 Å². The number of carbonyl (C=O) groups is 18. The van der Waals surface area contributed by atoms with Gasteiger partial charge in [0, 0.05) is 139 Å². The normalized spacial score (nSPS) is 17.8. The summed E-state index contributed by atoms with van der Waals surface area (Å²) in [6.07, 6.45) is 12.8. The lowest BCUT2D eigenvalue weighted by molar-refractivity contribution is -0.166. The van der Waals surface area contributed by atoms with Crippen LogP contribution in [-0.2, 0) is 119 Å². The largest absolute Gasteiger partial charge is 0.481 e. The van der Waals surface area contributed by atoms with Gasteiger partial charge < -0.3 is 94.0 Å². The molecule has 9 rings (SSSR count). The summed E-state index contributed by atoms with van der Waals surface area (Å²) in [5.74, 6) is -12.6. The van der Waals surface area contributed by atoms with Gasteiger partial charge in [-0.25, -0.2) is 28.8 Å². The van der Waals surface area contributed by atoms with E-state index in [1.165, 1.54) is 69.1 Å². The quantitative estimate of drug-likeness (QED) is 0.0132. The van der Waals surface area contributed by atoms with Crippen LogP contribution < -0.4 is 21.3 Å². The van der Waals surface area contributed by atoms with Gasteiger partial charge in [0.2, 0.25) is 35.1 Å². The maximum Gasteiger partial charge on any atom is 0.330 e. The summed E-state index contributed by atoms with van der Waals surface area (Å²) < 4.78 is 38.8. The lowest BCUT2D eigenvalue weighted by Gasteiger charge is -2.36. The molecule has 0 aromatic heterocycles. The number of ether oxygens (including phenoxy) is 7. The first-order chi connectivity index (χ1) is 65.9. The zero-order valence-electron chi connectivity index (χ0n) is 82.0. The first-order valence-electron chi connectivity index (χ1n) is 48.2. The summed E-state index contributed by atoms with van der Waals surface area (Å²) in [4.78, 5) is 238. The highest BCUT2D eigenvalue weighted by Gasteiger charge is 2.47. The highest BCUT2D eigenvalue weighted by Crippen LogP contribution is 2.35. The van der Waals surface area contributed by atoms with E-state index < -0.39 is 159 Å². The predicted molar refractivity (Wildman–Crippen MR) is 512 cm³/mol. The average Bonchev–Trinajstić information content (AvgIpc) is 0.808. The van der Waals surface area contributed by atoms with Gasteiger partial charge in [0.1, 0.15) is 61.9 Å². The van der Waals surface area contributed by atoms with E-state index in [1.807, 2.05) is 6.07 Å². The molecule has 0 bridgehead atoms. The number of carboxylic acids is 2. The number of Topliss-reactive ketones (excluding diaryl/α,β-unsaturated/α-hetero) is 3. The molecule has 37 nitrogen and oxygen atoms in total. The van der Waals surface area contributed by atoms with Crippen molar-refractivity contribution in [2.24, 2.45) is 16.2 Å². The molecule has 139 heavy (non-hydrogen) atoms. The monoisotopic (exact) mass is 1940 g/mol. The van der Waals surface area contributed by atoms with Crippen molar-refractivity contribution < 1.29 is 130 Å². The third-order valence-electron chi connectivity index (χ3n) is 24.5. The van der Waals surface area contributed by atoms with E-state index in [4.69, 9.17) is 43.4 Å². The van der Waals surface area contributed by atoms with Crippen molar-refractivity contribution in [3.8, 4) is 0 Å². The molecule has 0 radical (unpaired) electrons. The minimum absolute atomic E-state index is 0.0513. The van der Waals surface area contributed by atoms with Gasteiger partial charge in [-0.15, -0.1) is 0 Å². The molecule has 6 atom stereocenters. The number of aliphatic carboxylic acids is 2. The van der Waals surface area contributed by atoms with E-state index in [-0.39, 0.29) is 83.9 Å². The number of nitrogens with zero attached hydrogens (tertiary/aromatic N) is 6. The summed E-state index contributed by atoms with van der Waals surface area (Å²) in [6, 6.07) is 17.9. The standard InChI is InChI=1S/C37H53N3O9.C33H45N3O9.C32H44N4O9/c1-7-31(42)47-25-37(5,6)33(44)34(45)40-22-12-9-16-28(40)35(46)48-29(19-23-39-20-10-8-11-21-39)26-14-13-15-27(24-26)38-30(41)17-18-32(43)49-36(2,3)4;1-4-29(40)44-22-33(2,3)30(41)31(42)36-19-9-6-13-25(36)32(43)45-26(16-20-35-17-7-5-8-18-35)23-11-10-12-24(21-23)34-27(37)14-15-28(38)39;1-4-28(40)44-21-32(2,3)29(41)30(42)36-16-6-5-10-24(36)31(43)45-25(13-17-35-18-14-33-15-19-35)22-8-7-9-23(20-22)34-26(37)11-12-27(38)39/h7,13-15,24,28-29H,1,8-12,16-23,25H2,2-6H3,(H,38,41);4,10-12,21,25-26H,1,5-9,13-20,22H2,2-3H3,(H,34,37)(H,38,39);4,7-9,20,24-25,33H,1,5-6,10-19,21H2,2-3H3,(H,34,37)(H,38,39)/t28-,29+;25-,26+;24-,25+/m000/s1. The highest BCUT2D eigenvalue weighted by molar-refractivity contribution is 6.39. The Morgan fingerprint density at radius 2 is 0.662 bits per heavy atom. The maximum atomic E-state index is 13.8. The molecule has 0 unspecified atom stereocenters. The van der Waals surface area contributed by atoms with E-state index in [0.29, 0.717) is 130 Å². The Kier molecular flexibility index (Phi) is 45.9. The van der Waals surface area contributed by atoms with Gasteiger partial charge in [-0.2, -0.15) is 0 Å². The second kappa shape index (κ2) is 56.1. The Morgan fingerprint density at radius 3 is 0.942 bits per heavy atom. The fourth-order valence-corrected chi connectivity index (χ4v) is 16.6. The van der Waals surface area contributed by atoms with E-state index in [1.54, 1.807) is 87.5 Å². The maximum absolute atomic E-state index is 13.8. The molecular weight excluding hydrogens is 1800 g/mol. The number of carbonyl (C=O) groups excluding carboxylic acids is 16. The van der Waals surface area contributed by atoms with Crippen LogP contribution in [0.4, 0.5) is 17.1 Å². The number of ketones is 3. The van der Waals surface area contributed by atoms with Gasteiger partial charge in [-0.1, -0.05) is 69.0 Å². The fourth-order valence-electron chi connectivity index (χ4n) is 16.6. The van der Waals surface area contributed by atoms with Crippen molar-refractivity contribution in [1.29, 1.82) is 0 Å². The molecule has 0 spiro atoms. The molecule has 37 heteroatoms. The lowest BCUT2D eigenvalue weighted by Crippen LogP contribution is -2.54. The van der Waals surface area contributed by atoms with Gasteiger partial charge in [0.05, 0.1) is 35.5 Å². The third-order valence-corrected chi connectivity index (χ3v) is 24.5. The zero-order chi connectivity index (χ0) is 102. The molecule has 762 valence electrons. The predicted octanol–water partition coefficient (Wildman–Crippen LogP) is 10.6. The van der Waals surface area contributed by atoms with Crippen LogP contribution in [-0.4, -0.2) is 281 Å².